The summed E-state index contributed by atoms with van der Waals surface area (Å²) in [6.45, 7) is 4.12. The molecule has 0 aliphatic carbocycles. The molecule has 1 heterocycles. The van der Waals surface area contributed by atoms with Crippen molar-refractivity contribution < 1.29 is 0 Å². The van der Waals surface area contributed by atoms with Gasteiger partial charge in [0.15, 0.2) is 0 Å². The maximum absolute atomic E-state index is 4.71. The first kappa shape index (κ1) is 13.4. The summed E-state index contributed by atoms with van der Waals surface area (Å²) in [6.07, 6.45) is 0. The second-order valence-corrected chi connectivity index (χ2v) is 5.19. The van der Waals surface area contributed by atoms with Crippen molar-refractivity contribution in [1.29, 1.82) is 0 Å². The van der Waals surface area contributed by atoms with Crippen LogP contribution in [0, 0.1) is 13.8 Å². The minimum atomic E-state index is 0.997. The van der Waals surface area contributed by atoms with E-state index in [9.17, 15) is 0 Å². The smallest absolute Gasteiger partial charge is 0.0706 e. The molecule has 0 aliphatic rings. The number of rotatable bonds is 3. The van der Waals surface area contributed by atoms with Crippen molar-refractivity contribution >= 4 is 11.4 Å². The second-order valence-electron chi connectivity index (χ2n) is 5.19. The Morgan fingerprint density at radius 3 is 2.14 bits per heavy atom. The Morgan fingerprint density at radius 1 is 0.762 bits per heavy atom. The van der Waals surface area contributed by atoms with Gasteiger partial charge >= 0.3 is 0 Å². The normalized spacial score (nSPS) is 10.4. The van der Waals surface area contributed by atoms with Gasteiger partial charge in [-0.3, -0.25) is 4.98 Å². The number of hydrogen-bond acceptors (Lipinski definition) is 2. The highest BCUT2D eigenvalue weighted by atomic mass is 14.9. The van der Waals surface area contributed by atoms with Crippen molar-refractivity contribution in [3.05, 3.63) is 78.0 Å². The molecule has 0 fully saturated rings. The van der Waals surface area contributed by atoms with Crippen LogP contribution in [0.25, 0.3) is 11.3 Å². The summed E-state index contributed by atoms with van der Waals surface area (Å²) in [5, 5.41) is 3.40. The predicted molar refractivity (Wildman–Crippen MR) is 88.9 cm³/mol. The average Bonchev–Trinajstić information content (AvgIpc) is 2.51. The molecule has 0 radical (unpaired) electrons. The van der Waals surface area contributed by atoms with Crippen molar-refractivity contribution in [3.8, 4) is 11.3 Å². The van der Waals surface area contributed by atoms with Gasteiger partial charge in [0.1, 0.15) is 0 Å². The van der Waals surface area contributed by atoms with Gasteiger partial charge < -0.3 is 5.32 Å². The average molecular weight is 274 g/mol. The first-order chi connectivity index (χ1) is 10.2. The van der Waals surface area contributed by atoms with Crippen LogP contribution >= 0.6 is 0 Å². The van der Waals surface area contributed by atoms with Crippen molar-refractivity contribution in [2.24, 2.45) is 0 Å². The molecule has 0 aliphatic heterocycles. The molecule has 2 nitrogen and oxygen atoms in total. The molecular formula is C19H18N2. The van der Waals surface area contributed by atoms with Crippen LogP contribution < -0.4 is 5.32 Å². The number of pyridine rings is 1. The fourth-order valence-corrected chi connectivity index (χ4v) is 2.26. The van der Waals surface area contributed by atoms with Gasteiger partial charge in [-0.05, 0) is 38.1 Å². The van der Waals surface area contributed by atoms with E-state index in [4.69, 9.17) is 4.98 Å². The fraction of sp³-hybridized carbons (Fsp3) is 0.105. The molecule has 0 bridgehead atoms. The highest BCUT2D eigenvalue weighted by Gasteiger charge is 2.04. The zero-order valence-electron chi connectivity index (χ0n) is 12.3. The Kier molecular flexibility index (Phi) is 3.69. The van der Waals surface area contributed by atoms with E-state index >= 15 is 0 Å². The SMILES string of the molecule is Cc1ccc(-c2ccc(Nc3ccccc3)c(C)n2)cc1. The summed E-state index contributed by atoms with van der Waals surface area (Å²) in [5.74, 6) is 0. The first-order valence-corrected chi connectivity index (χ1v) is 7.09. The molecule has 2 aromatic carbocycles. The summed E-state index contributed by atoms with van der Waals surface area (Å²) < 4.78 is 0. The number of nitrogens with one attached hydrogen (secondary N) is 1. The van der Waals surface area contributed by atoms with Crippen molar-refractivity contribution in [3.63, 3.8) is 0 Å². The molecule has 0 amide bonds. The van der Waals surface area contributed by atoms with Crippen molar-refractivity contribution in [2.45, 2.75) is 13.8 Å². The van der Waals surface area contributed by atoms with Crippen LogP contribution in [-0.2, 0) is 0 Å². The molecule has 0 unspecified atom stereocenters. The van der Waals surface area contributed by atoms with Gasteiger partial charge in [-0.15, -0.1) is 0 Å². The summed E-state index contributed by atoms with van der Waals surface area (Å²) in [4.78, 5) is 4.71. The maximum Gasteiger partial charge on any atom is 0.0706 e. The molecule has 3 rings (SSSR count). The number of benzene rings is 2. The summed E-state index contributed by atoms with van der Waals surface area (Å²) >= 11 is 0. The van der Waals surface area contributed by atoms with Crippen LogP contribution in [0.1, 0.15) is 11.3 Å². The largest absolute Gasteiger partial charge is 0.354 e. The van der Waals surface area contributed by atoms with Gasteiger partial charge in [0.2, 0.25) is 0 Å². The molecule has 1 aromatic heterocycles. The van der Waals surface area contributed by atoms with Crippen LogP contribution in [0.15, 0.2) is 66.7 Å². The summed E-state index contributed by atoms with van der Waals surface area (Å²) in [5.41, 5.74) is 6.53. The van der Waals surface area contributed by atoms with Gasteiger partial charge in [-0.2, -0.15) is 0 Å². The van der Waals surface area contributed by atoms with Gasteiger partial charge in [-0.25, -0.2) is 0 Å². The van der Waals surface area contributed by atoms with Crippen LogP contribution in [0.5, 0.6) is 0 Å². The summed E-state index contributed by atoms with van der Waals surface area (Å²) in [7, 11) is 0. The third-order valence-corrected chi connectivity index (χ3v) is 3.49. The van der Waals surface area contributed by atoms with Crippen LogP contribution in [0.3, 0.4) is 0 Å². The Bertz CT molecular complexity index is 731. The fourth-order valence-electron chi connectivity index (χ4n) is 2.26. The van der Waals surface area contributed by atoms with E-state index in [1.54, 1.807) is 0 Å². The minimum absolute atomic E-state index is 0.997. The molecule has 104 valence electrons. The van der Waals surface area contributed by atoms with E-state index in [2.05, 4.69) is 48.6 Å². The Labute approximate surface area is 125 Å². The van der Waals surface area contributed by atoms with Gasteiger partial charge in [0.05, 0.1) is 17.1 Å². The molecule has 21 heavy (non-hydrogen) atoms. The second kappa shape index (κ2) is 5.80. The van der Waals surface area contributed by atoms with Crippen LogP contribution in [0.2, 0.25) is 0 Å². The lowest BCUT2D eigenvalue weighted by molar-refractivity contribution is 1.20. The van der Waals surface area contributed by atoms with Crippen LogP contribution in [0.4, 0.5) is 11.4 Å². The third-order valence-electron chi connectivity index (χ3n) is 3.49. The molecule has 0 spiro atoms. The molecule has 1 N–H and O–H groups in total. The number of anilines is 2. The molecular weight excluding hydrogens is 256 g/mol. The first-order valence-electron chi connectivity index (χ1n) is 7.09. The molecule has 0 saturated carbocycles. The van der Waals surface area contributed by atoms with E-state index < -0.39 is 0 Å². The quantitative estimate of drug-likeness (QED) is 0.718. The lowest BCUT2D eigenvalue weighted by Crippen LogP contribution is -1.96. The highest BCUT2D eigenvalue weighted by molar-refractivity contribution is 5.66. The summed E-state index contributed by atoms with van der Waals surface area (Å²) in [6, 6.07) is 22.7. The number of aryl methyl sites for hydroxylation is 2. The predicted octanol–water partition coefficient (Wildman–Crippen LogP) is 5.11. The molecule has 0 saturated heterocycles. The maximum atomic E-state index is 4.71. The third kappa shape index (κ3) is 3.11. The Balaban J connectivity index is 1.88. The molecule has 0 atom stereocenters. The lowest BCUT2D eigenvalue weighted by atomic mass is 10.1. The van der Waals surface area contributed by atoms with E-state index in [0.29, 0.717) is 0 Å². The van der Waals surface area contributed by atoms with Gasteiger partial charge in [0, 0.05) is 11.3 Å². The topological polar surface area (TPSA) is 24.9 Å². The monoisotopic (exact) mass is 274 g/mol. The number of nitrogens with zero attached hydrogens (tertiary/aromatic N) is 1. The Hall–Kier alpha value is -2.61. The Morgan fingerprint density at radius 2 is 1.48 bits per heavy atom. The molecule has 3 aromatic rings. The minimum Gasteiger partial charge on any atom is -0.354 e. The molecule has 2 heteroatoms. The zero-order chi connectivity index (χ0) is 14.7. The number of para-hydroxylation sites is 1. The number of aromatic nitrogens is 1. The number of hydrogen-bond donors (Lipinski definition) is 1. The lowest BCUT2D eigenvalue weighted by Gasteiger charge is -2.10. The van der Waals surface area contributed by atoms with Gasteiger partial charge in [0.25, 0.3) is 0 Å². The van der Waals surface area contributed by atoms with E-state index in [1.165, 1.54) is 5.56 Å². The van der Waals surface area contributed by atoms with E-state index in [0.717, 1.165) is 28.3 Å². The van der Waals surface area contributed by atoms with Gasteiger partial charge in [-0.1, -0.05) is 48.0 Å². The van der Waals surface area contributed by atoms with E-state index in [-0.39, 0.29) is 0 Å². The van der Waals surface area contributed by atoms with Crippen molar-refractivity contribution in [2.75, 3.05) is 5.32 Å². The van der Waals surface area contributed by atoms with E-state index in [1.807, 2.05) is 37.3 Å². The standard InChI is InChI=1S/C19H18N2/c1-14-8-10-16(11-9-14)19-13-12-18(15(2)20-19)21-17-6-4-3-5-7-17/h3-13,21H,1-2H3. The van der Waals surface area contributed by atoms with Crippen LogP contribution in [-0.4, -0.2) is 4.98 Å². The highest BCUT2D eigenvalue weighted by Crippen LogP contribution is 2.24. The zero-order valence-corrected chi connectivity index (χ0v) is 12.3. The van der Waals surface area contributed by atoms with Crippen molar-refractivity contribution in [1.82, 2.24) is 4.98 Å².